The molecular formula is C14H11Cl2N5S. The molecule has 0 aromatic heterocycles. The molecule has 8 heteroatoms. The van der Waals surface area contributed by atoms with Gasteiger partial charge in [0, 0.05) is 0 Å². The van der Waals surface area contributed by atoms with E-state index in [0.717, 1.165) is 10.7 Å². The van der Waals surface area contributed by atoms with E-state index in [1.807, 2.05) is 19.2 Å². The fourth-order valence-corrected chi connectivity index (χ4v) is 3.03. The van der Waals surface area contributed by atoms with Crippen LogP contribution in [0, 0.1) is 11.3 Å². The summed E-state index contributed by atoms with van der Waals surface area (Å²) in [7, 11) is 0. The Kier molecular flexibility index (Phi) is 3.91. The van der Waals surface area contributed by atoms with Crippen LogP contribution in [0.25, 0.3) is 0 Å². The van der Waals surface area contributed by atoms with Gasteiger partial charge in [-0.3, -0.25) is 0 Å². The molecule has 1 aromatic carbocycles. The molecule has 0 fully saturated rings. The fraction of sp³-hybridized carbons (Fsp3) is 0.214. The number of halogens is 2. The first-order chi connectivity index (χ1) is 10.5. The third-order valence-corrected chi connectivity index (χ3v) is 4.78. The van der Waals surface area contributed by atoms with Gasteiger partial charge < -0.3 is 0 Å². The minimum Gasteiger partial charge on any atom is -0.237 e. The summed E-state index contributed by atoms with van der Waals surface area (Å²) in [4.78, 5) is 8.94. The third-order valence-electron chi connectivity index (χ3n) is 3.39. The zero-order valence-electron chi connectivity index (χ0n) is 11.8. The Balaban J connectivity index is 2.07. The lowest BCUT2D eigenvalue weighted by molar-refractivity contribution is 0.311. The first-order valence-electron chi connectivity index (χ1n) is 6.34. The predicted octanol–water partition coefficient (Wildman–Crippen LogP) is 3.52. The molecule has 0 amide bonds. The van der Waals surface area contributed by atoms with E-state index in [4.69, 9.17) is 23.2 Å². The maximum atomic E-state index is 9.25. The van der Waals surface area contributed by atoms with Crippen molar-refractivity contribution < 1.29 is 0 Å². The number of hydrazine groups is 1. The van der Waals surface area contributed by atoms with E-state index >= 15 is 0 Å². The maximum absolute atomic E-state index is 9.25. The molecule has 1 aromatic rings. The first-order valence-corrected chi connectivity index (χ1v) is 8.32. The SMILES string of the molecule is CSC1=NC=C(C#N)C2=N[C@](C)(c3ccc(Cl)c(Cl)c3)NN12. The molecule has 2 aliphatic heterocycles. The molecule has 2 heterocycles. The molecule has 1 atom stereocenters. The molecule has 0 radical (unpaired) electrons. The lowest BCUT2D eigenvalue weighted by atomic mass is 10.0. The molecule has 0 unspecified atom stereocenters. The fourth-order valence-electron chi connectivity index (χ4n) is 2.26. The van der Waals surface area contributed by atoms with Crippen LogP contribution in [-0.2, 0) is 5.66 Å². The summed E-state index contributed by atoms with van der Waals surface area (Å²) < 4.78 is 0. The number of amidine groups is 2. The quantitative estimate of drug-likeness (QED) is 0.840. The number of aliphatic imine (C=N–C) groups is 2. The number of nitrogens with zero attached hydrogens (tertiary/aromatic N) is 4. The second-order valence-corrected chi connectivity index (χ2v) is 6.44. The average Bonchev–Trinajstić information content (AvgIpc) is 2.87. The van der Waals surface area contributed by atoms with Crippen LogP contribution in [0.3, 0.4) is 0 Å². The summed E-state index contributed by atoms with van der Waals surface area (Å²) in [5.41, 5.74) is 3.79. The Morgan fingerprint density at radius 3 is 2.77 bits per heavy atom. The molecule has 0 saturated carbocycles. The molecule has 0 bridgehead atoms. The van der Waals surface area contributed by atoms with E-state index in [1.165, 1.54) is 18.0 Å². The summed E-state index contributed by atoms with van der Waals surface area (Å²) in [6.45, 7) is 1.91. The van der Waals surface area contributed by atoms with E-state index in [2.05, 4.69) is 21.5 Å². The number of benzene rings is 1. The van der Waals surface area contributed by atoms with Crippen molar-refractivity contribution in [3.05, 3.63) is 45.6 Å². The largest absolute Gasteiger partial charge is 0.237 e. The van der Waals surface area contributed by atoms with Crippen molar-refractivity contribution in [2.24, 2.45) is 9.98 Å². The topological polar surface area (TPSA) is 63.8 Å². The van der Waals surface area contributed by atoms with Crippen molar-refractivity contribution in [1.29, 1.82) is 5.26 Å². The molecule has 22 heavy (non-hydrogen) atoms. The van der Waals surface area contributed by atoms with Crippen molar-refractivity contribution in [2.75, 3.05) is 6.26 Å². The van der Waals surface area contributed by atoms with Gasteiger partial charge in [0.25, 0.3) is 0 Å². The molecular weight excluding hydrogens is 341 g/mol. The number of rotatable bonds is 1. The summed E-state index contributed by atoms with van der Waals surface area (Å²) in [5, 5.41) is 12.6. The number of hydrogen-bond donors (Lipinski definition) is 1. The van der Waals surface area contributed by atoms with Crippen LogP contribution in [0.5, 0.6) is 0 Å². The van der Waals surface area contributed by atoms with E-state index in [0.29, 0.717) is 21.5 Å². The standard InChI is InChI=1S/C14H11Cl2N5S/c1-14(9-3-4-10(15)11(16)5-9)19-12-8(6-17)7-18-13(22-2)21(12)20-14/h3-5,7,20H,1-2H3/t14-/m0/s1. The van der Waals surface area contributed by atoms with Crippen LogP contribution in [0.15, 0.2) is 40.0 Å². The van der Waals surface area contributed by atoms with Gasteiger partial charge in [-0.1, -0.05) is 41.0 Å². The monoisotopic (exact) mass is 351 g/mol. The van der Waals surface area contributed by atoms with E-state index in [9.17, 15) is 5.26 Å². The van der Waals surface area contributed by atoms with Crippen LogP contribution >= 0.6 is 35.0 Å². The van der Waals surface area contributed by atoms with Gasteiger partial charge >= 0.3 is 0 Å². The van der Waals surface area contributed by atoms with Crippen LogP contribution in [0.1, 0.15) is 12.5 Å². The summed E-state index contributed by atoms with van der Waals surface area (Å²) in [5.74, 6) is 0.551. The Labute approximate surface area is 142 Å². The highest BCUT2D eigenvalue weighted by molar-refractivity contribution is 8.13. The highest BCUT2D eigenvalue weighted by Crippen LogP contribution is 2.34. The molecule has 2 aliphatic rings. The van der Waals surface area contributed by atoms with E-state index in [1.54, 1.807) is 17.1 Å². The van der Waals surface area contributed by atoms with Gasteiger partial charge in [0.15, 0.2) is 16.7 Å². The van der Waals surface area contributed by atoms with Gasteiger partial charge in [-0.05, 0) is 30.9 Å². The highest BCUT2D eigenvalue weighted by atomic mass is 35.5. The molecule has 0 spiro atoms. The van der Waals surface area contributed by atoms with Crippen molar-refractivity contribution in [1.82, 2.24) is 10.4 Å². The number of fused-ring (bicyclic) bond motifs is 1. The molecule has 1 N–H and O–H groups in total. The zero-order valence-corrected chi connectivity index (χ0v) is 14.1. The number of nitrogens with one attached hydrogen (secondary N) is 1. The minimum absolute atomic E-state index is 0.411. The molecule has 3 rings (SSSR count). The van der Waals surface area contributed by atoms with Crippen molar-refractivity contribution in [3.63, 3.8) is 0 Å². The molecule has 0 aliphatic carbocycles. The average molecular weight is 352 g/mol. The normalized spacial score (nSPS) is 23.4. The Morgan fingerprint density at radius 2 is 2.14 bits per heavy atom. The molecule has 0 saturated heterocycles. The second kappa shape index (κ2) is 5.60. The van der Waals surface area contributed by atoms with Gasteiger partial charge in [0.2, 0.25) is 0 Å². The molecule has 5 nitrogen and oxygen atoms in total. The van der Waals surface area contributed by atoms with Gasteiger partial charge in [-0.15, -0.1) is 0 Å². The van der Waals surface area contributed by atoms with Gasteiger partial charge in [-0.25, -0.2) is 15.0 Å². The lowest BCUT2D eigenvalue weighted by Crippen LogP contribution is -2.48. The van der Waals surface area contributed by atoms with Crippen LogP contribution < -0.4 is 5.43 Å². The Hall–Kier alpha value is -1.52. The van der Waals surface area contributed by atoms with Gasteiger partial charge in [0.05, 0.1) is 16.2 Å². The zero-order chi connectivity index (χ0) is 15.9. The van der Waals surface area contributed by atoms with Crippen LogP contribution in [0.2, 0.25) is 10.0 Å². The van der Waals surface area contributed by atoms with Crippen LogP contribution in [0.4, 0.5) is 0 Å². The maximum Gasteiger partial charge on any atom is 0.184 e. The lowest BCUT2D eigenvalue weighted by Gasteiger charge is -2.27. The second-order valence-electron chi connectivity index (χ2n) is 4.85. The Bertz CT molecular complexity index is 780. The van der Waals surface area contributed by atoms with Crippen molar-refractivity contribution in [2.45, 2.75) is 12.6 Å². The minimum atomic E-state index is -0.750. The summed E-state index contributed by atoms with van der Waals surface area (Å²) in [6, 6.07) is 7.47. The van der Waals surface area contributed by atoms with Gasteiger partial charge in [0.1, 0.15) is 11.6 Å². The summed E-state index contributed by atoms with van der Waals surface area (Å²) in [6.07, 6.45) is 3.45. The highest BCUT2D eigenvalue weighted by Gasteiger charge is 2.41. The smallest absolute Gasteiger partial charge is 0.184 e. The predicted molar refractivity (Wildman–Crippen MR) is 90.9 cm³/mol. The van der Waals surface area contributed by atoms with Crippen molar-refractivity contribution in [3.8, 4) is 6.07 Å². The van der Waals surface area contributed by atoms with E-state index < -0.39 is 5.66 Å². The summed E-state index contributed by atoms with van der Waals surface area (Å²) >= 11 is 13.5. The number of thioether (sulfide) groups is 1. The van der Waals surface area contributed by atoms with Crippen LogP contribution in [-0.4, -0.2) is 22.3 Å². The third kappa shape index (κ3) is 2.40. The number of nitriles is 1. The number of hydrogen-bond acceptors (Lipinski definition) is 6. The first kappa shape index (κ1) is 15.4. The van der Waals surface area contributed by atoms with Crippen molar-refractivity contribution >= 4 is 46.0 Å². The van der Waals surface area contributed by atoms with Gasteiger partial charge in [-0.2, -0.15) is 10.7 Å². The Morgan fingerprint density at radius 1 is 1.36 bits per heavy atom. The molecule has 112 valence electrons. The van der Waals surface area contributed by atoms with E-state index in [-0.39, 0.29) is 0 Å².